The molecule has 18 heavy (non-hydrogen) atoms. The monoisotopic (exact) mass is 252 g/mol. The van der Waals surface area contributed by atoms with Gasteiger partial charge in [0.05, 0.1) is 0 Å². The summed E-state index contributed by atoms with van der Waals surface area (Å²) < 4.78 is 13.3. The summed E-state index contributed by atoms with van der Waals surface area (Å²) in [7, 11) is 0. The SMILES string of the molecule is CCCN(Cc1ccc(O)c(F)c1)C1CCNC1. The maximum atomic E-state index is 13.3. The molecule has 0 aliphatic carbocycles. The second-order valence-electron chi connectivity index (χ2n) is 4.90. The average Bonchev–Trinajstić information content (AvgIpc) is 2.87. The zero-order valence-corrected chi connectivity index (χ0v) is 10.8. The van der Waals surface area contributed by atoms with E-state index < -0.39 is 5.82 Å². The van der Waals surface area contributed by atoms with Gasteiger partial charge in [-0.1, -0.05) is 13.0 Å². The molecule has 0 saturated carbocycles. The van der Waals surface area contributed by atoms with E-state index in [-0.39, 0.29) is 5.75 Å². The number of rotatable bonds is 5. The fourth-order valence-corrected chi connectivity index (χ4v) is 2.51. The van der Waals surface area contributed by atoms with Crippen molar-refractivity contribution in [3.8, 4) is 5.75 Å². The lowest BCUT2D eigenvalue weighted by atomic mass is 10.1. The minimum atomic E-state index is -0.534. The van der Waals surface area contributed by atoms with Crippen LogP contribution in [0.15, 0.2) is 18.2 Å². The van der Waals surface area contributed by atoms with E-state index in [0.29, 0.717) is 6.04 Å². The predicted octanol–water partition coefficient (Wildman–Crippen LogP) is 2.11. The van der Waals surface area contributed by atoms with E-state index in [2.05, 4.69) is 17.1 Å². The summed E-state index contributed by atoms with van der Waals surface area (Å²) in [5.74, 6) is -0.809. The Hall–Kier alpha value is -1.13. The molecule has 4 heteroatoms. The summed E-state index contributed by atoms with van der Waals surface area (Å²) in [6, 6.07) is 5.20. The summed E-state index contributed by atoms with van der Waals surface area (Å²) in [6.07, 6.45) is 2.25. The summed E-state index contributed by atoms with van der Waals surface area (Å²) in [6.45, 7) is 6.01. The van der Waals surface area contributed by atoms with Gasteiger partial charge in [-0.3, -0.25) is 4.90 Å². The number of benzene rings is 1. The van der Waals surface area contributed by atoms with Crippen molar-refractivity contribution in [2.45, 2.75) is 32.4 Å². The van der Waals surface area contributed by atoms with Gasteiger partial charge >= 0.3 is 0 Å². The Bertz CT molecular complexity index is 391. The maximum absolute atomic E-state index is 13.3. The Morgan fingerprint density at radius 1 is 1.50 bits per heavy atom. The summed E-state index contributed by atoms with van der Waals surface area (Å²) in [5.41, 5.74) is 0.922. The van der Waals surface area contributed by atoms with E-state index in [1.54, 1.807) is 6.07 Å². The molecule has 0 aromatic heterocycles. The number of phenolic OH excluding ortho intramolecular Hbond substituents is 1. The quantitative estimate of drug-likeness (QED) is 0.842. The third-order valence-corrected chi connectivity index (χ3v) is 3.46. The van der Waals surface area contributed by atoms with Gasteiger partial charge in [0.15, 0.2) is 11.6 Å². The third kappa shape index (κ3) is 3.21. The van der Waals surface area contributed by atoms with Crippen molar-refractivity contribution >= 4 is 0 Å². The van der Waals surface area contributed by atoms with Crippen molar-refractivity contribution in [2.75, 3.05) is 19.6 Å². The Morgan fingerprint density at radius 2 is 2.33 bits per heavy atom. The highest BCUT2D eigenvalue weighted by molar-refractivity contribution is 5.28. The second kappa shape index (κ2) is 6.16. The molecule has 0 spiro atoms. The van der Waals surface area contributed by atoms with Gasteiger partial charge in [0.1, 0.15) is 0 Å². The lowest BCUT2D eigenvalue weighted by molar-refractivity contribution is 0.199. The molecule has 1 aromatic carbocycles. The number of hydrogen-bond acceptors (Lipinski definition) is 3. The van der Waals surface area contributed by atoms with Gasteiger partial charge in [0, 0.05) is 19.1 Å². The van der Waals surface area contributed by atoms with Crippen LogP contribution in [0.2, 0.25) is 0 Å². The van der Waals surface area contributed by atoms with E-state index in [1.807, 2.05) is 0 Å². The lowest BCUT2D eigenvalue weighted by Crippen LogP contribution is -2.36. The van der Waals surface area contributed by atoms with Crippen molar-refractivity contribution in [3.05, 3.63) is 29.6 Å². The topological polar surface area (TPSA) is 35.5 Å². The van der Waals surface area contributed by atoms with Crippen LogP contribution in [-0.4, -0.2) is 35.7 Å². The Balaban J connectivity index is 2.04. The average molecular weight is 252 g/mol. The number of halogens is 1. The zero-order chi connectivity index (χ0) is 13.0. The van der Waals surface area contributed by atoms with Gasteiger partial charge in [-0.2, -0.15) is 0 Å². The molecule has 3 nitrogen and oxygen atoms in total. The molecule has 0 amide bonds. The Morgan fingerprint density at radius 3 is 2.94 bits per heavy atom. The highest BCUT2D eigenvalue weighted by Crippen LogP contribution is 2.19. The lowest BCUT2D eigenvalue weighted by Gasteiger charge is -2.28. The molecule has 0 radical (unpaired) electrons. The van der Waals surface area contributed by atoms with Gasteiger partial charge in [-0.25, -0.2) is 4.39 Å². The number of nitrogens with one attached hydrogen (secondary N) is 1. The molecule has 2 rings (SSSR count). The van der Waals surface area contributed by atoms with Crippen LogP contribution in [-0.2, 0) is 6.54 Å². The van der Waals surface area contributed by atoms with Crippen molar-refractivity contribution in [1.29, 1.82) is 0 Å². The van der Waals surface area contributed by atoms with Crippen LogP contribution < -0.4 is 5.32 Å². The summed E-state index contributed by atoms with van der Waals surface area (Å²) in [5, 5.41) is 12.6. The van der Waals surface area contributed by atoms with Crippen molar-refractivity contribution in [3.63, 3.8) is 0 Å². The first-order valence-corrected chi connectivity index (χ1v) is 6.63. The smallest absolute Gasteiger partial charge is 0.165 e. The minimum Gasteiger partial charge on any atom is -0.505 e. The van der Waals surface area contributed by atoms with Crippen LogP contribution in [0.5, 0.6) is 5.75 Å². The second-order valence-corrected chi connectivity index (χ2v) is 4.90. The first-order chi connectivity index (χ1) is 8.70. The van der Waals surface area contributed by atoms with Crippen LogP contribution in [0.1, 0.15) is 25.3 Å². The third-order valence-electron chi connectivity index (χ3n) is 3.46. The normalized spacial score (nSPS) is 19.6. The van der Waals surface area contributed by atoms with E-state index in [4.69, 9.17) is 0 Å². The van der Waals surface area contributed by atoms with Crippen LogP contribution in [0.4, 0.5) is 4.39 Å². The van der Waals surface area contributed by atoms with Gasteiger partial charge in [-0.05, 0) is 43.6 Å². The molecule has 1 saturated heterocycles. The Kier molecular flexibility index (Phi) is 4.55. The fraction of sp³-hybridized carbons (Fsp3) is 0.571. The highest BCUT2D eigenvalue weighted by Gasteiger charge is 2.21. The standard InChI is InChI=1S/C14H21FN2O/c1-2-7-17(12-5-6-16-9-12)10-11-3-4-14(18)13(15)8-11/h3-4,8,12,16,18H,2,5-7,9-10H2,1H3. The van der Waals surface area contributed by atoms with Gasteiger partial charge in [0.25, 0.3) is 0 Å². The van der Waals surface area contributed by atoms with E-state index >= 15 is 0 Å². The molecule has 100 valence electrons. The fourth-order valence-electron chi connectivity index (χ4n) is 2.51. The number of hydrogen-bond donors (Lipinski definition) is 2. The molecule has 1 aliphatic rings. The zero-order valence-electron chi connectivity index (χ0n) is 10.8. The van der Waals surface area contributed by atoms with Crippen molar-refractivity contribution in [2.24, 2.45) is 0 Å². The Labute approximate surface area is 108 Å². The molecule has 1 aliphatic heterocycles. The molecule has 1 aromatic rings. The molecular weight excluding hydrogens is 231 g/mol. The van der Waals surface area contributed by atoms with Crippen LogP contribution in [0, 0.1) is 5.82 Å². The largest absolute Gasteiger partial charge is 0.505 e. The maximum Gasteiger partial charge on any atom is 0.165 e. The van der Waals surface area contributed by atoms with E-state index in [9.17, 15) is 9.50 Å². The summed E-state index contributed by atoms with van der Waals surface area (Å²) in [4.78, 5) is 2.39. The van der Waals surface area contributed by atoms with Gasteiger partial charge in [0.2, 0.25) is 0 Å². The molecule has 0 bridgehead atoms. The molecular formula is C14H21FN2O. The van der Waals surface area contributed by atoms with Crippen LogP contribution in [0.25, 0.3) is 0 Å². The predicted molar refractivity (Wildman–Crippen MR) is 70.0 cm³/mol. The first kappa shape index (κ1) is 13.3. The molecule has 1 unspecified atom stereocenters. The molecule has 2 N–H and O–H groups in total. The van der Waals surface area contributed by atoms with Crippen LogP contribution in [0.3, 0.4) is 0 Å². The number of aromatic hydroxyl groups is 1. The first-order valence-electron chi connectivity index (χ1n) is 6.63. The van der Waals surface area contributed by atoms with Gasteiger partial charge < -0.3 is 10.4 Å². The highest BCUT2D eigenvalue weighted by atomic mass is 19.1. The van der Waals surface area contributed by atoms with Gasteiger partial charge in [-0.15, -0.1) is 0 Å². The minimum absolute atomic E-state index is 0.275. The summed E-state index contributed by atoms with van der Waals surface area (Å²) >= 11 is 0. The molecule has 1 atom stereocenters. The van der Waals surface area contributed by atoms with Crippen LogP contribution >= 0.6 is 0 Å². The molecule has 1 heterocycles. The number of phenols is 1. The molecule has 1 fully saturated rings. The number of nitrogens with zero attached hydrogens (tertiary/aromatic N) is 1. The van der Waals surface area contributed by atoms with Crippen molar-refractivity contribution < 1.29 is 9.50 Å². The van der Waals surface area contributed by atoms with E-state index in [1.165, 1.54) is 12.1 Å². The van der Waals surface area contributed by atoms with Crippen molar-refractivity contribution in [1.82, 2.24) is 10.2 Å². The van der Waals surface area contributed by atoms with E-state index in [0.717, 1.165) is 44.6 Å².